The normalized spacial score (nSPS) is 20.6. The Kier molecular flexibility index (Phi) is 4.89. The van der Waals surface area contributed by atoms with E-state index in [-0.39, 0.29) is 5.91 Å². The van der Waals surface area contributed by atoms with Gasteiger partial charge in [-0.2, -0.15) is 0 Å². The molecule has 6 nitrogen and oxygen atoms in total. The average Bonchev–Trinajstić information content (AvgIpc) is 2.30. The Hall–Kier alpha value is -1.14. The van der Waals surface area contributed by atoms with Gasteiger partial charge in [-0.05, 0) is 32.9 Å². The summed E-state index contributed by atoms with van der Waals surface area (Å²) >= 11 is 0. The van der Waals surface area contributed by atoms with Crippen molar-refractivity contribution in [3.05, 3.63) is 0 Å². The average molecular weight is 243 g/mol. The van der Waals surface area contributed by atoms with E-state index in [0.29, 0.717) is 19.4 Å². The molecule has 1 rings (SSSR count). The lowest BCUT2D eigenvalue weighted by Crippen LogP contribution is -2.54. The lowest BCUT2D eigenvalue weighted by atomic mass is 9.78. The van der Waals surface area contributed by atoms with E-state index in [1.54, 1.807) is 14.0 Å². The molecule has 2 amide bonds. The Bertz CT molecular complexity index is 282. The molecule has 4 N–H and O–H groups in total. The molecule has 0 radical (unpaired) electrons. The number of piperidine rings is 1. The summed E-state index contributed by atoms with van der Waals surface area (Å²) in [5.41, 5.74) is 4.60. The van der Waals surface area contributed by atoms with E-state index in [1.165, 1.54) is 0 Å². The van der Waals surface area contributed by atoms with Crippen LogP contribution in [0.5, 0.6) is 0 Å². The lowest BCUT2D eigenvalue weighted by molar-refractivity contribution is -0.138. The van der Waals surface area contributed by atoms with Gasteiger partial charge in [0, 0.05) is 7.11 Å². The van der Waals surface area contributed by atoms with Crippen molar-refractivity contribution >= 4 is 11.8 Å². The Labute approximate surface area is 101 Å². The van der Waals surface area contributed by atoms with Crippen LogP contribution in [0.15, 0.2) is 0 Å². The van der Waals surface area contributed by atoms with Crippen LogP contribution in [0.3, 0.4) is 0 Å². The maximum Gasteiger partial charge on any atom is 0.239 e. The van der Waals surface area contributed by atoms with Gasteiger partial charge in [0.15, 0.2) is 0 Å². The van der Waals surface area contributed by atoms with Crippen LogP contribution in [-0.2, 0) is 14.3 Å². The highest BCUT2D eigenvalue weighted by Crippen LogP contribution is 2.29. The Morgan fingerprint density at radius 1 is 1.47 bits per heavy atom. The molecule has 1 fully saturated rings. The van der Waals surface area contributed by atoms with Gasteiger partial charge in [0.25, 0.3) is 0 Å². The number of nitrogens with one attached hydrogen (secondary N) is 2. The van der Waals surface area contributed by atoms with Crippen molar-refractivity contribution in [3.63, 3.8) is 0 Å². The standard InChI is InChI=1S/C11H21N3O3/c1-8(9(12)15)14-10(16)11(7-17-2)3-5-13-6-4-11/h8,13H,3-7H2,1-2H3,(H2,12,15)(H,14,16). The quantitative estimate of drug-likeness (QED) is 0.577. The molecule has 1 heterocycles. The Morgan fingerprint density at radius 2 is 2.06 bits per heavy atom. The monoisotopic (exact) mass is 243 g/mol. The van der Waals surface area contributed by atoms with Gasteiger partial charge in [-0.25, -0.2) is 0 Å². The van der Waals surface area contributed by atoms with E-state index in [4.69, 9.17) is 10.5 Å². The van der Waals surface area contributed by atoms with Crippen molar-refractivity contribution in [2.45, 2.75) is 25.8 Å². The number of ether oxygens (including phenoxy) is 1. The van der Waals surface area contributed by atoms with Crippen molar-refractivity contribution in [3.8, 4) is 0 Å². The first-order chi connectivity index (χ1) is 8.02. The summed E-state index contributed by atoms with van der Waals surface area (Å²) in [4.78, 5) is 23.1. The van der Waals surface area contributed by atoms with E-state index in [1.807, 2.05) is 0 Å². The number of methoxy groups -OCH3 is 1. The van der Waals surface area contributed by atoms with Crippen molar-refractivity contribution in [2.75, 3.05) is 26.8 Å². The highest BCUT2D eigenvalue weighted by molar-refractivity contribution is 5.89. The highest BCUT2D eigenvalue weighted by atomic mass is 16.5. The molecule has 1 aliphatic heterocycles. The van der Waals surface area contributed by atoms with E-state index in [9.17, 15) is 9.59 Å². The summed E-state index contributed by atoms with van der Waals surface area (Å²) in [6.45, 7) is 3.51. The maximum atomic E-state index is 12.2. The SMILES string of the molecule is COCC1(C(=O)NC(C)C(N)=O)CCNCC1. The number of carbonyl (C=O) groups is 2. The number of nitrogens with two attached hydrogens (primary N) is 1. The summed E-state index contributed by atoms with van der Waals surface area (Å²) in [5, 5.41) is 5.86. The fraction of sp³-hybridized carbons (Fsp3) is 0.818. The number of carbonyl (C=O) groups excluding carboxylic acids is 2. The zero-order valence-corrected chi connectivity index (χ0v) is 10.4. The molecule has 0 aromatic rings. The van der Waals surface area contributed by atoms with Crippen LogP contribution in [-0.4, -0.2) is 44.7 Å². The zero-order chi connectivity index (χ0) is 12.9. The second-order valence-electron chi connectivity index (χ2n) is 4.56. The van der Waals surface area contributed by atoms with E-state index < -0.39 is 17.4 Å². The van der Waals surface area contributed by atoms with E-state index in [2.05, 4.69) is 10.6 Å². The second kappa shape index (κ2) is 5.97. The minimum atomic E-state index is -0.647. The summed E-state index contributed by atoms with van der Waals surface area (Å²) in [6, 6.07) is -0.647. The molecule has 0 aliphatic carbocycles. The third-order valence-corrected chi connectivity index (χ3v) is 3.24. The molecule has 1 saturated heterocycles. The van der Waals surface area contributed by atoms with Crippen LogP contribution in [0.2, 0.25) is 0 Å². The topological polar surface area (TPSA) is 93.4 Å². The third-order valence-electron chi connectivity index (χ3n) is 3.24. The molecule has 1 atom stereocenters. The van der Waals surface area contributed by atoms with E-state index >= 15 is 0 Å². The molecule has 17 heavy (non-hydrogen) atoms. The molecule has 1 aliphatic rings. The summed E-state index contributed by atoms with van der Waals surface area (Å²) in [5.74, 6) is -0.674. The van der Waals surface area contributed by atoms with Gasteiger partial charge in [-0.3, -0.25) is 9.59 Å². The number of hydrogen-bond acceptors (Lipinski definition) is 4. The third kappa shape index (κ3) is 3.41. The Morgan fingerprint density at radius 3 is 2.53 bits per heavy atom. The fourth-order valence-electron chi connectivity index (χ4n) is 2.04. The van der Waals surface area contributed by atoms with Crippen molar-refractivity contribution < 1.29 is 14.3 Å². The molecule has 0 bridgehead atoms. The molecule has 1 unspecified atom stereocenters. The predicted octanol–water partition coefficient (Wildman–Crippen LogP) is -1.01. The van der Waals surface area contributed by atoms with Gasteiger partial charge >= 0.3 is 0 Å². The molecule has 6 heteroatoms. The van der Waals surface area contributed by atoms with Crippen molar-refractivity contribution in [2.24, 2.45) is 11.1 Å². The van der Waals surface area contributed by atoms with Gasteiger partial charge in [-0.15, -0.1) is 0 Å². The molecule has 98 valence electrons. The van der Waals surface area contributed by atoms with Crippen LogP contribution < -0.4 is 16.4 Å². The summed E-state index contributed by atoms with van der Waals surface area (Å²) in [6.07, 6.45) is 1.41. The van der Waals surface area contributed by atoms with Crippen LogP contribution >= 0.6 is 0 Å². The van der Waals surface area contributed by atoms with Crippen LogP contribution in [0, 0.1) is 5.41 Å². The smallest absolute Gasteiger partial charge is 0.239 e. The molecular weight excluding hydrogens is 222 g/mol. The van der Waals surface area contributed by atoms with Gasteiger partial charge in [0.2, 0.25) is 11.8 Å². The number of primary amides is 1. The lowest BCUT2D eigenvalue weighted by Gasteiger charge is -2.36. The van der Waals surface area contributed by atoms with Crippen molar-refractivity contribution in [1.82, 2.24) is 10.6 Å². The Balaban J connectivity index is 2.69. The van der Waals surface area contributed by atoms with Crippen LogP contribution in [0.25, 0.3) is 0 Å². The molecule has 0 aromatic carbocycles. The van der Waals surface area contributed by atoms with Crippen LogP contribution in [0.1, 0.15) is 19.8 Å². The fourth-order valence-corrected chi connectivity index (χ4v) is 2.04. The van der Waals surface area contributed by atoms with Gasteiger partial charge in [0.05, 0.1) is 12.0 Å². The van der Waals surface area contributed by atoms with Crippen molar-refractivity contribution in [1.29, 1.82) is 0 Å². The minimum Gasteiger partial charge on any atom is -0.384 e. The zero-order valence-electron chi connectivity index (χ0n) is 10.4. The second-order valence-corrected chi connectivity index (χ2v) is 4.56. The van der Waals surface area contributed by atoms with Gasteiger partial charge < -0.3 is 21.1 Å². The molecule has 0 saturated carbocycles. The van der Waals surface area contributed by atoms with Gasteiger partial charge in [-0.1, -0.05) is 0 Å². The first-order valence-electron chi connectivity index (χ1n) is 5.82. The summed E-state index contributed by atoms with van der Waals surface area (Å²) < 4.78 is 5.14. The molecule has 0 aromatic heterocycles. The number of rotatable bonds is 5. The highest BCUT2D eigenvalue weighted by Gasteiger charge is 2.40. The van der Waals surface area contributed by atoms with Crippen LogP contribution in [0.4, 0.5) is 0 Å². The first-order valence-corrected chi connectivity index (χ1v) is 5.82. The summed E-state index contributed by atoms with van der Waals surface area (Å²) in [7, 11) is 1.58. The molecule has 0 spiro atoms. The number of hydrogen-bond donors (Lipinski definition) is 3. The number of amides is 2. The largest absolute Gasteiger partial charge is 0.384 e. The predicted molar refractivity (Wildman–Crippen MR) is 63.2 cm³/mol. The molecular formula is C11H21N3O3. The first kappa shape index (κ1) is 13.9. The minimum absolute atomic E-state index is 0.146. The van der Waals surface area contributed by atoms with Gasteiger partial charge in [0.1, 0.15) is 6.04 Å². The maximum absolute atomic E-state index is 12.2. The van der Waals surface area contributed by atoms with E-state index in [0.717, 1.165) is 13.1 Å².